The number of rotatable bonds is 4. The smallest absolute Gasteiger partial charge is 0.405 e. The standard InChI is InChI=1S/C21H16F3N3O3/c1-12-18(13(2)30-26-12)19-16(29-21(22,23)24)8-6-14-7-9-17(28)27(20(14)19)11-15-5-3-4-10-25-15/h3-10H,11H2,1-2H3. The summed E-state index contributed by atoms with van der Waals surface area (Å²) in [6, 6.07) is 10.9. The molecule has 3 aromatic heterocycles. The first-order valence-corrected chi connectivity index (χ1v) is 9.00. The van der Waals surface area contributed by atoms with Crippen LogP contribution in [-0.2, 0) is 6.54 Å². The Hall–Kier alpha value is -3.62. The van der Waals surface area contributed by atoms with Gasteiger partial charge in [-0.2, -0.15) is 0 Å². The van der Waals surface area contributed by atoms with E-state index in [2.05, 4.69) is 14.9 Å². The fourth-order valence-electron chi connectivity index (χ4n) is 3.48. The fraction of sp³-hybridized carbons (Fsp3) is 0.190. The zero-order valence-corrected chi connectivity index (χ0v) is 16.0. The van der Waals surface area contributed by atoms with Crippen molar-refractivity contribution in [3.05, 3.63) is 76.2 Å². The van der Waals surface area contributed by atoms with Crippen molar-refractivity contribution in [1.82, 2.24) is 14.7 Å². The van der Waals surface area contributed by atoms with Gasteiger partial charge in [0.1, 0.15) is 11.5 Å². The minimum absolute atomic E-state index is 0.0723. The Balaban J connectivity index is 2.09. The van der Waals surface area contributed by atoms with Crippen LogP contribution < -0.4 is 10.3 Å². The number of ether oxygens (including phenoxy) is 1. The Bertz CT molecular complexity index is 1260. The van der Waals surface area contributed by atoms with Crippen LogP contribution in [0.2, 0.25) is 0 Å². The lowest BCUT2D eigenvalue weighted by atomic mass is 9.99. The monoisotopic (exact) mass is 415 g/mol. The highest BCUT2D eigenvalue weighted by atomic mass is 19.4. The van der Waals surface area contributed by atoms with Gasteiger partial charge in [-0.15, -0.1) is 13.2 Å². The van der Waals surface area contributed by atoms with Crippen molar-refractivity contribution in [2.75, 3.05) is 0 Å². The first-order valence-electron chi connectivity index (χ1n) is 9.00. The third kappa shape index (κ3) is 3.66. The van der Waals surface area contributed by atoms with Crippen molar-refractivity contribution in [2.45, 2.75) is 26.8 Å². The van der Waals surface area contributed by atoms with E-state index in [1.54, 1.807) is 44.3 Å². The number of fused-ring (bicyclic) bond motifs is 1. The van der Waals surface area contributed by atoms with E-state index < -0.39 is 12.1 Å². The molecule has 0 radical (unpaired) electrons. The van der Waals surface area contributed by atoms with Crippen molar-refractivity contribution in [1.29, 1.82) is 0 Å². The molecule has 9 heteroatoms. The third-order valence-electron chi connectivity index (χ3n) is 4.67. The average molecular weight is 415 g/mol. The van der Waals surface area contributed by atoms with Crippen LogP contribution in [0.5, 0.6) is 5.75 Å². The molecule has 4 aromatic rings. The molecule has 0 unspecified atom stereocenters. The molecule has 4 rings (SSSR count). The molecule has 3 heterocycles. The first kappa shape index (κ1) is 19.7. The summed E-state index contributed by atoms with van der Waals surface area (Å²) in [5, 5.41) is 4.43. The van der Waals surface area contributed by atoms with E-state index in [-0.39, 0.29) is 23.2 Å². The lowest BCUT2D eigenvalue weighted by Crippen LogP contribution is -2.22. The van der Waals surface area contributed by atoms with Crippen molar-refractivity contribution in [2.24, 2.45) is 0 Å². The number of aryl methyl sites for hydroxylation is 2. The molecule has 0 saturated heterocycles. The van der Waals surface area contributed by atoms with Gasteiger partial charge in [0.05, 0.1) is 34.6 Å². The fourth-order valence-corrected chi connectivity index (χ4v) is 3.48. The molecule has 0 fully saturated rings. The van der Waals surface area contributed by atoms with E-state index in [1.807, 2.05) is 0 Å². The second-order valence-corrected chi connectivity index (χ2v) is 6.70. The van der Waals surface area contributed by atoms with Gasteiger partial charge < -0.3 is 13.8 Å². The minimum Gasteiger partial charge on any atom is -0.405 e. The number of hydrogen-bond acceptors (Lipinski definition) is 5. The van der Waals surface area contributed by atoms with E-state index in [4.69, 9.17) is 4.52 Å². The molecular weight excluding hydrogens is 399 g/mol. The van der Waals surface area contributed by atoms with Crippen LogP contribution in [0.4, 0.5) is 13.2 Å². The summed E-state index contributed by atoms with van der Waals surface area (Å²) in [6.45, 7) is 3.28. The Morgan fingerprint density at radius 3 is 2.47 bits per heavy atom. The third-order valence-corrected chi connectivity index (χ3v) is 4.67. The van der Waals surface area contributed by atoms with E-state index >= 15 is 0 Å². The molecule has 0 aliphatic heterocycles. The topological polar surface area (TPSA) is 70.2 Å². The van der Waals surface area contributed by atoms with Crippen LogP contribution in [0.25, 0.3) is 22.0 Å². The molecule has 0 atom stereocenters. The molecule has 0 N–H and O–H groups in total. The summed E-state index contributed by atoms with van der Waals surface area (Å²) in [5.41, 5.74) is 1.30. The molecule has 0 saturated carbocycles. The van der Waals surface area contributed by atoms with Gasteiger partial charge in [0.2, 0.25) is 0 Å². The Morgan fingerprint density at radius 2 is 1.83 bits per heavy atom. The van der Waals surface area contributed by atoms with Gasteiger partial charge in [-0.1, -0.05) is 11.2 Å². The number of alkyl halides is 3. The van der Waals surface area contributed by atoms with Crippen molar-refractivity contribution in [3.8, 4) is 16.9 Å². The molecule has 0 aliphatic carbocycles. The number of benzene rings is 1. The van der Waals surface area contributed by atoms with E-state index in [1.165, 1.54) is 22.8 Å². The molecule has 30 heavy (non-hydrogen) atoms. The highest BCUT2D eigenvalue weighted by molar-refractivity contribution is 5.98. The van der Waals surface area contributed by atoms with E-state index in [0.29, 0.717) is 28.1 Å². The number of nitrogens with zero attached hydrogens (tertiary/aromatic N) is 3. The normalized spacial score (nSPS) is 11.8. The van der Waals surface area contributed by atoms with Crippen molar-refractivity contribution in [3.63, 3.8) is 0 Å². The predicted octanol–water partition coefficient (Wildman–Crippen LogP) is 4.62. The minimum atomic E-state index is -4.91. The summed E-state index contributed by atoms with van der Waals surface area (Å²) in [5.74, 6) is -0.127. The summed E-state index contributed by atoms with van der Waals surface area (Å²) in [4.78, 5) is 17.0. The maximum Gasteiger partial charge on any atom is 0.573 e. The Morgan fingerprint density at radius 1 is 1.07 bits per heavy atom. The summed E-state index contributed by atoms with van der Waals surface area (Å²) in [7, 11) is 0. The van der Waals surface area contributed by atoms with Gasteiger partial charge in [-0.25, -0.2) is 0 Å². The second-order valence-electron chi connectivity index (χ2n) is 6.70. The average Bonchev–Trinajstić information content (AvgIpc) is 3.02. The Kier molecular flexibility index (Phi) is 4.81. The number of pyridine rings is 2. The highest BCUT2D eigenvalue weighted by Crippen LogP contribution is 2.41. The van der Waals surface area contributed by atoms with Crippen molar-refractivity contribution < 1.29 is 22.4 Å². The second kappa shape index (κ2) is 7.33. The lowest BCUT2D eigenvalue weighted by Gasteiger charge is -2.18. The molecule has 154 valence electrons. The predicted molar refractivity (Wildman–Crippen MR) is 103 cm³/mol. The molecule has 0 bridgehead atoms. The molecule has 6 nitrogen and oxygen atoms in total. The lowest BCUT2D eigenvalue weighted by molar-refractivity contribution is -0.274. The van der Waals surface area contributed by atoms with Crippen LogP contribution in [0, 0.1) is 13.8 Å². The number of halogens is 3. The maximum atomic E-state index is 13.2. The largest absolute Gasteiger partial charge is 0.573 e. The molecular formula is C21H16F3N3O3. The van der Waals surface area contributed by atoms with E-state index in [9.17, 15) is 18.0 Å². The van der Waals surface area contributed by atoms with Crippen molar-refractivity contribution >= 4 is 10.9 Å². The van der Waals surface area contributed by atoms with Crippen LogP contribution in [-0.4, -0.2) is 21.1 Å². The molecule has 1 aromatic carbocycles. The van der Waals surface area contributed by atoms with Gasteiger partial charge in [-0.3, -0.25) is 9.78 Å². The van der Waals surface area contributed by atoms with Gasteiger partial charge in [-0.05, 0) is 49.6 Å². The van der Waals surface area contributed by atoms with Crippen LogP contribution in [0.15, 0.2) is 58.0 Å². The highest BCUT2D eigenvalue weighted by Gasteiger charge is 2.34. The van der Waals surface area contributed by atoms with Crippen LogP contribution >= 0.6 is 0 Å². The van der Waals surface area contributed by atoms with Gasteiger partial charge in [0.15, 0.2) is 0 Å². The van der Waals surface area contributed by atoms with Gasteiger partial charge in [0.25, 0.3) is 5.56 Å². The summed E-state index contributed by atoms with van der Waals surface area (Å²) < 4.78 is 50.3. The quantitative estimate of drug-likeness (QED) is 0.487. The summed E-state index contributed by atoms with van der Waals surface area (Å²) >= 11 is 0. The Labute approximate surface area is 168 Å². The zero-order valence-electron chi connectivity index (χ0n) is 16.0. The van der Waals surface area contributed by atoms with Gasteiger partial charge in [0, 0.05) is 12.3 Å². The first-order chi connectivity index (χ1) is 14.2. The summed E-state index contributed by atoms with van der Waals surface area (Å²) in [6.07, 6.45) is -3.33. The van der Waals surface area contributed by atoms with Crippen LogP contribution in [0.1, 0.15) is 17.1 Å². The maximum absolute atomic E-state index is 13.2. The van der Waals surface area contributed by atoms with Crippen LogP contribution in [0.3, 0.4) is 0 Å². The molecule has 0 aliphatic rings. The SMILES string of the molecule is Cc1noc(C)c1-c1c(OC(F)(F)F)ccc2ccc(=O)n(Cc3ccccn3)c12. The van der Waals surface area contributed by atoms with Gasteiger partial charge >= 0.3 is 6.36 Å². The van der Waals surface area contributed by atoms with E-state index in [0.717, 1.165) is 0 Å². The zero-order chi connectivity index (χ0) is 21.5. The molecule has 0 amide bonds. The number of hydrogen-bond donors (Lipinski definition) is 0. The molecule has 0 spiro atoms. The number of aromatic nitrogens is 3.